The molecule has 0 unspecified atom stereocenters. The Kier molecular flexibility index (Phi) is 4.39. The van der Waals surface area contributed by atoms with Gasteiger partial charge in [0, 0.05) is 37.8 Å². The van der Waals surface area contributed by atoms with Crippen molar-refractivity contribution in [3.05, 3.63) is 46.9 Å². The van der Waals surface area contributed by atoms with Gasteiger partial charge in [0.05, 0.1) is 13.5 Å². The Morgan fingerprint density at radius 1 is 1.37 bits per heavy atom. The van der Waals surface area contributed by atoms with Crippen LogP contribution < -0.4 is 4.74 Å². The lowest BCUT2D eigenvalue weighted by Crippen LogP contribution is -2.37. The number of aromatic nitrogens is 4. The van der Waals surface area contributed by atoms with Crippen molar-refractivity contribution in [1.29, 1.82) is 0 Å². The van der Waals surface area contributed by atoms with E-state index in [2.05, 4.69) is 15.2 Å². The van der Waals surface area contributed by atoms with E-state index in [1.165, 1.54) is 0 Å². The number of carbonyl (C=O) groups is 1. The molecule has 0 atom stereocenters. The van der Waals surface area contributed by atoms with Gasteiger partial charge in [-0.05, 0) is 24.6 Å². The SMILES string of the molecule is COc1cccc(CC(=O)N2CCc3c(c(-c4nc(C)no4)nn3C)C2)c1. The maximum Gasteiger partial charge on any atom is 0.278 e. The normalized spacial score (nSPS) is 13.5. The minimum atomic E-state index is 0.0745. The molecule has 1 aromatic carbocycles. The highest BCUT2D eigenvalue weighted by molar-refractivity contribution is 5.79. The van der Waals surface area contributed by atoms with Gasteiger partial charge in [-0.15, -0.1) is 0 Å². The average Bonchev–Trinajstić information content (AvgIpc) is 3.25. The molecule has 3 heterocycles. The zero-order valence-electron chi connectivity index (χ0n) is 15.6. The number of benzene rings is 1. The van der Waals surface area contributed by atoms with Crippen molar-refractivity contribution in [3.63, 3.8) is 0 Å². The largest absolute Gasteiger partial charge is 0.497 e. The summed E-state index contributed by atoms with van der Waals surface area (Å²) in [6, 6.07) is 7.60. The monoisotopic (exact) mass is 367 g/mol. The molecule has 1 amide bonds. The van der Waals surface area contributed by atoms with Gasteiger partial charge in [-0.2, -0.15) is 10.1 Å². The van der Waals surface area contributed by atoms with Gasteiger partial charge < -0.3 is 14.2 Å². The van der Waals surface area contributed by atoms with Gasteiger partial charge in [0.1, 0.15) is 5.75 Å². The molecule has 0 saturated heterocycles. The van der Waals surface area contributed by atoms with Crippen molar-refractivity contribution >= 4 is 5.91 Å². The summed E-state index contributed by atoms with van der Waals surface area (Å²) >= 11 is 0. The quantitative estimate of drug-likeness (QED) is 0.700. The van der Waals surface area contributed by atoms with Gasteiger partial charge in [-0.3, -0.25) is 9.48 Å². The molecule has 4 rings (SSSR count). The molecule has 2 aromatic heterocycles. The first-order valence-corrected chi connectivity index (χ1v) is 8.81. The van der Waals surface area contributed by atoms with Gasteiger partial charge >= 0.3 is 0 Å². The molecule has 0 aliphatic carbocycles. The van der Waals surface area contributed by atoms with Gasteiger partial charge in [0.2, 0.25) is 5.91 Å². The third kappa shape index (κ3) is 3.30. The number of carbonyl (C=O) groups excluding carboxylic acids is 1. The van der Waals surface area contributed by atoms with Gasteiger partial charge in [0.25, 0.3) is 5.89 Å². The third-order valence-corrected chi connectivity index (χ3v) is 4.81. The predicted octanol–water partition coefficient (Wildman–Crippen LogP) is 1.91. The summed E-state index contributed by atoms with van der Waals surface area (Å²) < 4.78 is 12.4. The van der Waals surface area contributed by atoms with E-state index in [0.717, 1.165) is 29.0 Å². The van der Waals surface area contributed by atoms with E-state index in [9.17, 15) is 4.79 Å². The lowest BCUT2D eigenvalue weighted by atomic mass is 10.0. The van der Waals surface area contributed by atoms with Crippen LogP contribution in [0.5, 0.6) is 5.75 Å². The number of hydrogen-bond donors (Lipinski definition) is 0. The zero-order valence-corrected chi connectivity index (χ0v) is 15.6. The minimum absolute atomic E-state index is 0.0745. The molecule has 0 N–H and O–H groups in total. The van der Waals surface area contributed by atoms with Crippen LogP contribution in [-0.4, -0.2) is 44.4 Å². The fourth-order valence-corrected chi connectivity index (χ4v) is 3.44. The maximum absolute atomic E-state index is 12.8. The molecule has 1 aliphatic rings. The molecule has 140 valence electrons. The van der Waals surface area contributed by atoms with E-state index in [0.29, 0.717) is 36.9 Å². The van der Waals surface area contributed by atoms with E-state index >= 15 is 0 Å². The Morgan fingerprint density at radius 3 is 2.96 bits per heavy atom. The van der Waals surface area contributed by atoms with Crippen LogP contribution in [0.15, 0.2) is 28.8 Å². The lowest BCUT2D eigenvalue weighted by Gasteiger charge is -2.27. The van der Waals surface area contributed by atoms with E-state index in [1.54, 1.807) is 14.0 Å². The van der Waals surface area contributed by atoms with Crippen LogP contribution >= 0.6 is 0 Å². The maximum atomic E-state index is 12.8. The number of hydrogen-bond acceptors (Lipinski definition) is 6. The van der Waals surface area contributed by atoms with Gasteiger partial charge in [-0.1, -0.05) is 17.3 Å². The second-order valence-electron chi connectivity index (χ2n) is 6.64. The summed E-state index contributed by atoms with van der Waals surface area (Å²) in [4.78, 5) is 19.0. The van der Waals surface area contributed by atoms with Gasteiger partial charge in [-0.25, -0.2) is 0 Å². The number of nitrogens with zero attached hydrogens (tertiary/aromatic N) is 5. The molecule has 1 aliphatic heterocycles. The molecule has 3 aromatic rings. The summed E-state index contributed by atoms with van der Waals surface area (Å²) in [7, 11) is 3.52. The van der Waals surface area contributed by atoms with Crippen LogP contribution in [0.2, 0.25) is 0 Å². The Balaban J connectivity index is 1.56. The second kappa shape index (κ2) is 6.86. The molecule has 0 saturated carbocycles. The summed E-state index contributed by atoms with van der Waals surface area (Å²) in [5.74, 6) is 1.78. The topological polar surface area (TPSA) is 86.3 Å². The number of amides is 1. The Bertz CT molecular complexity index is 991. The van der Waals surface area contributed by atoms with Crippen LogP contribution in [0.25, 0.3) is 11.6 Å². The van der Waals surface area contributed by atoms with Crippen molar-refractivity contribution in [3.8, 4) is 17.3 Å². The Labute approximate surface area is 156 Å². The number of ether oxygens (including phenoxy) is 1. The molecule has 8 heteroatoms. The summed E-state index contributed by atoms with van der Waals surface area (Å²) in [6.45, 7) is 2.92. The molecular formula is C19H21N5O3. The summed E-state index contributed by atoms with van der Waals surface area (Å²) in [5, 5.41) is 8.39. The molecule has 27 heavy (non-hydrogen) atoms. The van der Waals surface area contributed by atoms with Crippen molar-refractivity contribution in [1.82, 2.24) is 24.8 Å². The number of fused-ring (bicyclic) bond motifs is 1. The van der Waals surface area contributed by atoms with Crippen LogP contribution in [-0.2, 0) is 31.2 Å². The molecule has 0 fully saturated rings. The summed E-state index contributed by atoms with van der Waals surface area (Å²) in [5.41, 5.74) is 3.67. The van der Waals surface area contributed by atoms with E-state index < -0.39 is 0 Å². The minimum Gasteiger partial charge on any atom is -0.497 e. The Hall–Kier alpha value is -3.16. The predicted molar refractivity (Wildman–Crippen MR) is 97.1 cm³/mol. The first-order valence-electron chi connectivity index (χ1n) is 8.81. The fraction of sp³-hybridized carbons (Fsp3) is 0.368. The number of aryl methyl sites for hydroxylation is 2. The molecule has 8 nitrogen and oxygen atoms in total. The highest BCUT2D eigenvalue weighted by atomic mass is 16.5. The summed E-state index contributed by atoms with van der Waals surface area (Å²) in [6.07, 6.45) is 1.08. The van der Waals surface area contributed by atoms with E-state index in [1.807, 2.05) is 40.9 Å². The Morgan fingerprint density at radius 2 is 2.22 bits per heavy atom. The first-order chi connectivity index (χ1) is 13.0. The molecule has 0 spiro atoms. The lowest BCUT2D eigenvalue weighted by molar-refractivity contribution is -0.131. The van der Waals surface area contributed by atoms with Crippen molar-refractivity contribution < 1.29 is 14.1 Å². The first kappa shape index (κ1) is 17.3. The zero-order chi connectivity index (χ0) is 19.0. The van der Waals surface area contributed by atoms with Crippen molar-refractivity contribution in [2.75, 3.05) is 13.7 Å². The number of methoxy groups -OCH3 is 1. The average molecular weight is 367 g/mol. The standard InChI is InChI=1S/C19H21N5O3/c1-12-20-19(27-22-12)18-15-11-24(8-7-16(15)23(2)21-18)17(25)10-13-5-4-6-14(9-13)26-3/h4-6,9H,7-8,10-11H2,1-3H3. The van der Waals surface area contributed by atoms with E-state index in [-0.39, 0.29) is 5.91 Å². The highest BCUT2D eigenvalue weighted by Crippen LogP contribution is 2.29. The van der Waals surface area contributed by atoms with Crippen LogP contribution in [0.4, 0.5) is 0 Å². The molecular weight excluding hydrogens is 346 g/mol. The van der Waals surface area contributed by atoms with Crippen LogP contribution in [0.3, 0.4) is 0 Å². The smallest absolute Gasteiger partial charge is 0.278 e. The molecule has 0 bridgehead atoms. The van der Waals surface area contributed by atoms with Crippen LogP contribution in [0.1, 0.15) is 22.6 Å². The third-order valence-electron chi connectivity index (χ3n) is 4.81. The number of rotatable bonds is 4. The second-order valence-corrected chi connectivity index (χ2v) is 6.64. The van der Waals surface area contributed by atoms with Crippen molar-refractivity contribution in [2.45, 2.75) is 26.3 Å². The highest BCUT2D eigenvalue weighted by Gasteiger charge is 2.29. The fourth-order valence-electron chi connectivity index (χ4n) is 3.44. The van der Waals surface area contributed by atoms with Gasteiger partial charge in [0.15, 0.2) is 11.5 Å². The molecule has 0 radical (unpaired) electrons. The van der Waals surface area contributed by atoms with Crippen molar-refractivity contribution in [2.24, 2.45) is 7.05 Å². The van der Waals surface area contributed by atoms with Crippen LogP contribution in [0, 0.1) is 6.92 Å². The van der Waals surface area contributed by atoms with E-state index in [4.69, 9.17) is 9.26 Å².